The molecular formula is C20H29N3O2. The second-order valence-electron chi connectivity index (χ2n) is 7.43. The van der Waals surface area contributed by atoms with E-state index in [9.17, 15) is 9.59 Å². The molecule has 0 bridgehead atoms. The molecule has 2 aliphatic rings. The summed E-state index contributed by atoms with van der Waals surface area (Å²) in [7, 11) is 1.88. The number of hydrogen-bond acceptors (Lipinski definition) is 3. The molecule has 2 saturated heterocycles. The standard InChI is InChI=1S/C20H29N3O2/c1-15-4-3-5-16(14-15)6-7-19(24)21-17-8-12-23(13-9-17)18-10-11-22(2)20(18)25/h3-5,14,17-18H,6-13H2,1-2H3,(H,21,24). The maximum atomic E-state index is 12.2. The number of piperidine rings is 1. The van der Waals surface area contributed by atoms with Crippen LogP contribution in [0.3, 0.4) is 0 Å². The first-order chi connectivity index (χ1) is 12.0. The zero-order valence-electron chi connectivity index (χ0n) is 15.3. The Morgan fingerprint density at radius 3 is 2.60 bits per heavy atom. The van der Waals surface area contributed by atoms with Crippen molar-refractivity contribution < 1.29 is 9.59 Å². The molecule has 3 rings (SSSR count). The molecule has 1 atom stereocenters. The Morgan fingerprint density at radius 2 is 1.96 bits per heavy atom. The summed E-state index contributed by atoms with van der Waals surface area (Å²) in [5.74, 6) is 0.386. The fraction of sp³-hybridized carbons (Fsp3) is 0.600. The topological polar surface area (TPSA) is 52.7 Å². The van der Waals surface area contributed by atoms with Crippen molar-refractivity contribution in [1.82, 2.24) is 15.1 Å². The highest BCUT2D eigenvalue weighted by molar-refractivity contribution is 5.83. The Hall–Kier alpha value is -1.88. The number of benzene rings is 1. The molecule has 2 aliphatic heterocycles. The van der Waals surface area contributed by atoms with Crippen molar-refractivity contribution >= 4 is 11.8 Å². The van der Waals surface area contributed by atoms with Crippen molar-refractivity contribution in [1.29, 1.82) is 0 Å². The Labute approximate surface area is 150 Å². The van der Waals surface area contributed by atoms with Crippen LogP contribution in [0.25, 0.3) is 0 Å². The zero-order chi connectivity index (χ0) is 17.8. The predicted octanol–water partition coefficient (Wildman–Crippen LogP) is 1.74. The van der Waals surface area contributed by atoms with Crippen LogP contribution in [0.2, 0.25) is 0 Å². The molecule has 0 saturated carbocycles. The monoisotopic (exact) mass is 343 g/mol. The third-order valence-corrected chi connectivity index (χ3v) is 5.46. The number of amides is 2. The van der Waals surface area contributed by atoms with E-state index in [-0.39, 0.29) is 23.9 Å². The number of aryl methyl sites for hydroxylation is 2. The summed E-state index contributed by atoms with van der Waals surface area (Å²) in [4.78, 5) is 28.5. The average molecular weight is 343 g/mol. The molecule has 2 fully saturated rings. The molecule has 1 N–H and O–H groups in total. The van der Waals surface area contributed by atoms with Crippen LogP contribution in [0.15, 0.2) is 24.3 Å². The van der Waals surface area contributed by atoms with Gasteiger partial charge in [0.15, 0.2) is 0 Å². The van der Waals surface area contributed by atoms with E-state index in [2.05, 4.69) is 35.3 Å². The van der Waals surface area contributed by atoms with Gasteiger partial charge in [-0.3, -0.25) is 14.5 Å². The number of likely N-dealkylation sites (tertiary alicyclic amines) is 2. The lowest BCUT2D eigenvalue weighted by Crippen LogP contribution is -2.50. The van der Waals surface area contributed by atoms with E-state index in [4.69, 9.17) is 0 Å². The summed E-state index contributed by atoms with van der Waals surface area (Å²) in [6.07, 6.45) is 4.13. The summed E-state index contributed by atoms with van der Waals surface area (Å²) in [6.45, 7) is 4.73. The van der Waals surface area contributed by atoms with Gasteiger partial charge in [0, 0.05) is 39.1 Å². The summed E-state index contributed by atoms with van der Waals surface area (Å²) < 4.78 is 0. The largest absolute Gasteiger partial charge is 0.353 e. The van der Waals surface area contributed by atoms with E-state index in [0.717, 1.165) is 45.3 Å². The van der Waals surface area contributed by atoms with Crippen LogP contribution in [0.4, 0.5) is 0 Å². The van der Waals surface area contributed by atoms with E-state index >= 15 is 0 Å². The Balaban J connectivity index is 1.40. The number of nitrogens with zero attached hydrogens (tertiary/aromatic N) is 2. The Kier molecular flexibility index (Phi) is 5.74. The van der Waals surface area contributed by atoms with Crippen LogP contribution in [0.1, 0.15) is 36.8 Å². The first kappa shape index (κ1) is 17.9. The number of likely N-dealkylation sites (N-methyl/N-ethyl adjacent to an activating group) is 1. The van der Waals surface area contributed by atoms with Gasteiger partial charge in [-0.1, -0.05) is 29.8 Å². The number of hydrogen-bond donors (Lipinski definition) is 1. The molecule has 2 amide bonds. The first-order valence-electron chi connectivity index (χ1n) is 9.37. The van der Waals surface area contributed by atoms with Crippen LogP contribution in [0.5, 0.6) is 0 Å². The highest BCUT2D eigenvalue weighted by Crippen LogP contribution is 2.20. The molecule has 2 heterocycles. The lowest BCUT2D eigenvalue weighted by molar-refractivity contribution is -0.131. The van der Waals surface area contributed by atoms with Gasteiger partial charge in [-0.05, 0) is 38.2 Å². The fourth-order valence-electron chi connectivity index (χ4n) is 3.92. The average Bonchev–Trinajstić information content (AvgIpc) is 2.93. The number of carbonyl (C=O) groups is 2. The molecule has 1 aromatic rings. The van der Waals surface area contributed by atoms with Crippen LogP contribution in [0, 0.1) is 6.92 Å². The maximum Gasteiger partial charge on any atom is 0.239 e. The highest BCUT2D eigenvalue weighted by Gasteiger charge is 2.35. The summed E-state index contributed by atoms with van der Waals surface area (Å²) in [5.41, 5.74) is 2.45. The zero-order valence-corrected chi connectivity index (χ0v) is 15.3. The molecule has 0 aromatic heterocycles. The summed E-state index contributed by atoms with van der Waals surface area (Å²) >= 11 is 0. The minimum absolute atomic E-state index is 0.0583. The maximum absolute atomic E-state index is 12.2. The smallest absolute Gasteiger partial charge is 0.239 e. The van der Waals surface area contributed by atoms with Crippen molar-refractivity contribution in [3.05, 3.63) is 35.4 Å². The van der Waals surface area contributed by atoms with Gasteiger partial charge in [0.25, 0.3) is 0 Å². The molecule has 0 aliphatic carbocycles. The predicted molar refractivity (Wildman–Crippen MR) is 98.3 cm³/mol. The van der Waals surface area contributed by atoms with Crippen LogP contribution < -0.4 is 5.32 Å². The first-order valence-corrected chi connectivity index (χ1v) is 9.37. The molecule has 5 heteroatoms. The van der Waals surface area contributed by atoms with Crippen molar-refractivity contribution in [3.8, 4) is 0 Å². The fourth-order valence-corrected chi connectivity index (χ4v) is 3.92. The molecule has 25 heavy (non-hydrogen) atoms. The lowest BCUT2D eigenvalue weighted by Gasteiger charge is -2.35. The highest BCUT2D eigenvalue weighted by atomic mass is 16.2. The number of carbonyl (C=O) groups excluding carboxylic acids is 2. The van der Waals surface area contributed by atoms with Crippen molar-refractivity contribution in [2.24, 2.45) is 0 Å². The van der Waals surface area contributed by atoms with Gasteiger partial charge < -0.3 is 10.2 Å². The minimum Gasteiger partial charge on any atom is -0.353 e. The van der Waals surface area contributed by atoms with E-state index in [1.165, 1.54) is 11.1 Å². The quantitative estimate of drug-likeness (QED) is 0.886. The molecular weight excluding hydrogens is 314 g/mol. The van der Waals surface area contributed by atoms with Crippen LogP contribution in [-0.4, -0.2) is 60.4 Å². The van der Waals surface area contributed by atoms with Gasteiger partial charge in [0.2, 0.25) is 11.8 Å². The van der Waals surface area contributed by atoms with E-state index in [1.807, 2.05) is 18.0 Å². The molecule has 5 nitrogen and oxygen atoms in total. The minimum atomic E-state index is 0.0583. The van der Waals surface area contributed by atoms with Crippen LogP contribution >= 0.6 is 0 Å². The molecule has 0 spiro atoms. The second-order valence-corrected chi connectivity index (χ2v) is 7.43. The summed E-state index contributed by atoms with van der Waals surface area (Å²) in [6, 6.07) is 8.64. The number of rotatable bonds is 5. The molecule has 1 aromatic carbocycles. The van der Waals surface area contributed by atoms with E-state index in [0.29, 0.717) is 6.42 Å². The third kappa shape index (κ3) is 4.60. The number of nitrogens with one attached hydrogen (secondary N) is 1. The van der Waals surface area contributed by atoms with Gasteiger partial charge in [-0.2, -0.15) is 0 Å². The molecule has 136 valence electrons. The van der Waals surface area contributed by atoms with Crippen molar-refractivity contribution in [2.75, 3.05) is 26.7 Å². The van der Waals surface area contributed by atoms with Crippen molar-refractivity contribution in [3.63, 3.8) is 0 Å². The van der Waals surface area contributed by atoms with E-state index in [1.54, 1.807) is 0 Å². The third-order valence-electron chi connectivity index (χ3n) is 5.46. The van der Waals surface area contributed by atoms with Gasteiger partial charge in [0.05, 0.1) is 6.04 Å². The van der Waals surface area contributed by atoms with Crippen LogP contribution in [-0.2, 0) is 16.0 Å². The Bertz CT molecular complexity index is 623. The van der Waals surface area contributed by atoms with Gasteiger partial charge >= 0.3 is 0 Å². The Morgan fingerprint density at radius 1 is 1.20 bits per heavy atom. The van der Waals surface area contributed by atoms with E-state index < -0.39 is 0 Å². The second kappa shape index (κ2) is 8.00. The van der Waals surface area contributed by atoms with Gasteiger partial charge in [0.1, 0.15) is 0 Å². The lowest BCUT2D eigenvalue weighted by atomic mass is 10.0. The van der Waals surface area contributed by atoms with Crippen molar-refractivity contribution in [2.45, 2.75) is 51.1 Å². The summed E-state index contributed by atoms with van der Waals surface area (Å²) in [5, 5.41) is 3.17. The molecule has 0 radical (unpaired) electrons. The van der Waals surface area contributed by atoms with Gasteiger partial charge in [-0.15, -0.1) is 0 Å². The normalized spacial score (nSPS) is 22.4. The SMILES string of the molecule is Cc1cccc(CCC(=O)NC2CCN(C3CCN(C)C3=O)CC2)c1. The van der Waals surface area contributed by atoms with Gasteiger partial charge in [-0.25, -0.2) is 0 Å². The molecule has 1 unspecified atom stereocenters.